The molecule has 2 rings (SSSR count). The van der Waals surface area contributed by atoms with Crippen LogP contribution in [0.3, 0.4) is 0 Å². The number of hydrogen-bond donors (Lipinski definition) is 2. The fourth-order valence-corrected chi connectivity index (χ4v) is 2.81. The standard InChI is InChI=1S/C14H21BrFN3/c1-10(9-19-4-2-3-5-19)8-18-14-6-11(15)12(16)7-13(14)17/h6-7,10,18H,2-5,8-9,17H2,1H3. The van der Waals surface area contributed by atoms with Crippen molar-refractivity contribution in [3.05, 3.63) is 22.4 Å². The van der Waals surface area contributed by atoms with Gasteiger partial charge in [0, 0.05) is 19.2 Å². The molecule has 1 fully saturated rings. The lowest BCUT2D eigenvalue weighted by Gasteiger charge is -2.21. The van der Waals surface area contributed by atoms with Crippen LogP contribution in [-0.4, -0.2) is 31.1 Å². The summed E-state index contributed by atoms with van der Waals surface area (Å²) in [5.41, 5.74) is 7.05. The van der Waals surface area contributed by atoms with Gasteiger partial charge in [-0.25, -0.2) is 4.39 Å². The van der Waals surface area contributed by atoms with Crippen molar-refractivity contribution in [2.24, 2.45) is 5.92 Å². The number of nitrogens with zero attached hydrogens (tertiary/aromatic N) is 1. The van der Waals surface area contributed by atoms with Crippen molar-refractivity contribution in [1.29, 1.82) is 0 Å². The molecule has 3 N–H and O–H groups in total. The molecule has 3 nitrogen and oxygen atoms in total. The second-order valence-electron chi connectivity index (χ2n) is 5.35. The average Bonchev–Trinajstić information content (AvgIpc) is 2.85. The summed E-state index contributed by atoms with van der Waals surface area (Å²) >= 11 is 3.18. The highest BCUT2D eigenvalue weighted by Gasteiger charge is 2.15. The Morgan fingerprint density at radius 3 is 2.79 bits per heavy atom. The molecular weight excluding hydrogens is 309 g/mol. The summed E-state index contributed by atoms with van der Waals surface area (Å²) in [7, 11) is 0. The molecule has 1 heterocycles. The minimum atomic E-state index is -0.326. The van der Waals surface area contributed by atoms with E-state index in [4.69, 9.17) is 5.73 Å². The van der Waals surface area contributed by atoms with Gasteiger partial charge in [-0.3, -0.25) is 0 Å². The van der Waals surface area contributed by atoms with Gasteiger partial charge in [-0.1, -0.05) is 6.92 Å². The van der Waals surface area contributed by atoms with Gasteiger partial charge in [0.05, 0.1) is 15.8 Å². The molecule has 1 aromatic carbocycles. The van der Waals surface area contributed by atoms with E-state index in [0.717, 1.165) is 18.8 Å². The lowest BCUT2D eigenvalue weighted by molar-refractivity contribution is 0.294. The third-order valence-corrected chi connectivity index (χ3v) is 4.11. The van der Waals surface area contributed by atoms with Crippen LogP contribution >= 0.6 is 15.9 Å². The molecule has 0 bridgehead atoms. The summed E-state index contributed by atoms with van der Waals surface area (Å²) < 4.78 is 13.7. The number of nitrogen functional groups attached to an aromatic ring is 1. The van der Waals surface area contributed by atoms with Crippen molar-refractivity contribution in [2.45, 2.75) is 19.8 Å². The first-order valence-electron chi connectivity index (χ1n) is 6.77. The first-order chi connectivity index (χ1) is 9.06. The molecular formula is C14H21BrFN3. The Morgan fingerprint density at radius 1 is 1.42 bits per heavy atom. The van der Waals surface area contributed by atoms with Gasteiger partial charge in [-0.2, -0.15) is 0 Å². The summed E-state index contributed by atoms with van der Waals surface area (Å²) in [6.45, 7) is 6.61. The summed E-state index contributed by atoms with van der Waals surface area (Å²) in [5, 5.41) is 3.31. The van der Waals surface area contributed by atoms with Gasteiger partial charge in [-0.05, 0) is 53.8 Å². The molecule has 0 saturated carbocycles. The third kappa shape index (κ3) is 4.08. The number of likely N-dealkylation sites (tertiary alicyclic amines) is 1. The van der Waals surface area contributed by atoms with Crippen molar-refractivity contribution < 1.29 is 4.39 Å². The zero-order valence-corrected chi connectivity index (χ0v) is 12.8. The van der Waals surface area contributed by atoms with Crippen LogP contribution in [0.15, 0.2) is 16.6 Å². The van der Waals surface area contributed by atoms with Crippen LogP contribution < -0.4 is 11.1 Å². The Labute approximate surface area is 122 Å². The molecule has 1 unspecified atom stereocenters. The van der Waals surface area contributed by atoms with Crippen LogP contribution in [0.5, 0.6) is 0 Å². The highest BCUT2D eigenvalue weighted by atomic mass is 79.9. The predicted molar refractivity (Wildman–Crippen MR) is 81.8 cm³/mol. The van der Waals surface area contributed by atoms with Gasteiger partial charge in [-0.15, -0.1) is 0 Å². The quantitative estimate of drug-likeness (QED) is 0.814. The zero-order valence-electron chi connectivity index (χ0n) is 11.3. The molecule has 0 amide bonds. The highest BCUT2D eigenvalue weighted by molar-refractivity contribution is 9.10. The normalized spacial score (nSPS) is 17.6. The molecule has 0 aliphatic carbocycles. The van der Waals surface area contributed by atoms with E-state index in [1.165, 1.54) is 32.0 Å². The fourth-order valence-electron chi connectivity index (χ4n) is 2.47. The Bertz CT molecular complexity index is 433. The maximum Gasteiger partial charge on any atom is 0.139 e. The summed E-state index contributed by atoms with van der Waals surface area (Å²) in [5.74, 6) is 0.217. The van der Waals surface area contributed by atoms with E-state index in [1.54, 1.807) is 6.07 Å². The summed E-state index contributed by atoms with van der Waals surface area (Å²) in [6.07, 6.45) is 2.63. The van der Waals surface area contributed by atoms with Crippen LogP contribution in [0, 0.1) is 11.7 Å². The monoisotopic (exact) mass is 329 g/mol. The minimum absolute atomic E-state index is 0.326. The Balaban J connectivity index is 1.85. The second kappa shape index (κ2) is 6.57. The molecule has 1 aliphatic rings. The van der Waals surface area contributed by atoms with E-state index in [0.29, 0.717) is 16.1 Å². The molecule has 19 heavy (non-hydrogen) atoms. The number of anilines is 2. The number of benzene rings is 1. The molecule has 0 aromatic heterocycles. The van der Waals surface area contributed by atoms with Crippen molar-refractivity contribution >= 4 is 27.3 Å². The molecule has 1 aromatic rings. The SMILES string of the molecule is CC(CNc1cc(Br)c(F)cc1N)CN1CCCC1. The van der Waals surface area contributed by atoms with Gasteiger partial charge in [0.2, 0.25) is 0 Å². The van der Waals surface area contributed by atoms with Crippen molar-refractivity contribution in [1.82, 2.24) is 4.90 Å². The van der Waals surface area contributed by atoms with Crippen molar-refractivity contribution in [2.75, 3.05) is 37.2 Å². The molecule has 106 valence electrons. The maximum absolute atomic E-state index is 13.3. The zero-order chi connectivity index (χ0) is 13.8. The largest absolute Gasteiger partial charge is 0.397 e. The van der Waals surface area contributed by atoms with E-state index in [9.17, 15) is 4.39 Å². The number of halogens is 2. The summed E-state index contributed by atoms with van der Waals surface area (Å²) in [4.78, 5) is 2.50. The van der Waals surface area contributed by atoms with E-state index >= 15 is 0 Å². The molecule has 0 spiro atoms. The van der Waals surface area contributed by atoms with E-state index in [2.05, 4.69) is 33.1 Å². The van der Waals surface area contributed by atoms with Gasteiger partial charge < -0.3 is 16.0 Å². The van der Waals surface area contributed by atoms with Gasteiger partial charge in [0.15, 0.2) is 0 Å². The van der Waals surface area contributed by atoms with Crippen molar-refractivity contribution in [3.63, 3.8) is 0 Å². The first-order valence-corrected chi connectivity index (χ1v) is 7.56. The van der Waals surface area contributed by atoms with Crippen molar-refractivity contribution in [3.8, 4) is 0 Å². The van der Waals surface area contributed by atoms with Crippen LogP contribution in [-0.2, 0) is 0 Å². The highest BCUT2D eigenvalue weighted by Crippen LogP contribution is 2.26. The molecule has 5 heteroatoms. The number of rotatable bonds is 5. The maximum atomic E-state index is 13.3. The Kier molecular flexibility index (Phi) is 5.05. The summed E-state index contributed by atoms with van der Waals surface area (Å²) in [6, 6.07) is 3.05. The smallest absolute Gasteiger partial charge is 0.139 e. The lowest BCUT2D eigenvalue weighted by atomic mass is 10.1. The average molecular weight is 330 g/mol. The second-order valence-corrected chi connectivity index (χ2v) is 6.20. The van der Waals surface area contributed by atoms with Crippen LogP contribution in [0.1, 0.15) is 19.8 Å². The number of nitrogens with one attached hydrogen (secondary N) is 1. The van der Waals surface area contributed by atoms with Gasteiger partial charge in [0.1, 0.15) is 5.82 Å². The predicted octanol–water partition coefficient (Wildman–Crippen LogP) is 3.31. The van der Waals surface area contributed by atoms with Crippen LogP contribution in [0.25, 0.3) is 0 Å². The fraction of sp³-hybridized carbons (Fsp3) is 0.571. The lowest BCUT2D eigenvalue weighted by Crippen LogP contribution is -2.29. The Morgan fingerprint density at radius 2 is 2.11 bits per heavy atom. The molecule has 0 radical (unpaired) electrons. The molecule has 1 aliphatic heterocycles. The molecule has 1 saturated heterocycles. The third-order valence-electron chi connectivity index (χ3n) is 3.50. The number of hydrogen-bond acceptors (Lipinski definition) is 3. The van der Waals surface area contributed by atoms with E-state index in [1.807, 2.05) is 0 Å². The topological polar surface area (TPSA) is 41.3 Å². The number of nitrogens with two attached hydrogens (primary N) is 1. The first kappa shape index (κ1) is 14.6. The van der Waals surface area contributed by atoms with E-state index in [-0.39, 0.29) is 5.82 Å². The van der Waals surface area contributed by atoms with Crippen LogP contribution in [0.2, 0.25) is 0 Å². The van der Waals surface area contributed by atoms with Gasteiger partial charge >= 0.3 is 0 Å². The van der Waals surface area contributed by atoms with E-state index < -0.39 is 0 Å². The minimum Gasteiger partial charge on any atom is -0.397 e. The Hall–Kier alpha value is -0.810. The van der Waals surface area contributed by atoms with Gasteiger partial charge in [0.25, 0.3) is 0 Å². The van der Waals surface area contributed by atoms with Crippen LogP contribution in [0.4, 0.5) is 15.8 Å². The molecule has 1 atom stereocenters.